The summed E-state index contributed by atoms with van der Waals surface area (Å²) in [5.74, 6) is -0.901. The fourth-order valence-corrected chi connectivity index (χ4v) is 4.14. The molecule has 0 aromatic rings. The van der Waals surface area contributed by atoms with Crippen LogP contribution in [-0.4, -0.2) is 84.7 Å². The first-order valence-electron chi connectivity index (χ1n) is 9.06. The highest BCUT2D eigenvalue weighted by Gasteiger charge is 2.42. The van der Waals surface area contributed by atoms with Crippen molar-refractivity contribution < 1.29 is 24.2 Å². The van der Waals surface area contributed by atoms with E-state index in [-0.39, 0.29) is 29.8 Å². The molecule has 0 unspecified atom stereocenters. The summed E-state index contributed by atoms with van der Waals surface area (Å²) in [4.78, 5) is 38.7. The molecule has 25 heavy (non-hydrogen) atoms. The van der Waals surface area contributed by atoms with Crippen molar-refractivity contribution in [1.82, 2.24) is 15.1 Å². The van der Waals surface area contributed by atoms with Crippen LogP contribution < -0.4 is 5.32 Å². The summed E-state index contributed by atoms with van der Waals surface area (Å²) in [6.45, 7) is 3.70. The second kappa shape index (κ2) is 7.70. The second-order valence-corrected chi connectivity index (χ2v) is 7.45. The molecule has 0 aromatic heterocycles. The highest BCUT2D eigenvalue weighted by atomic mass is 16.5. The van der Waals surface area contributed by atoms with Gasteiger partial charge in [-0.15, -0.1) is 0 Å². The third-order valence-corrected chi connectivity index (χ3v) is 5.67. The number of piperidine rings is 2. The van der Waals surface area contributed by atoms with E-state index < -0.39 is 5.97 Å². The van der Waals surface area contributed by atoms with Crippen molar-refractivity contribution in [3.8, 4) is 0 Å². The summed E-state index contributed by atoms with van der Waals surface area (Å²) in [7, 11) is 0. The highest BCUT2D eigenvalue weighted by molar-refractivity contribution is 5.82. The van der Waals surface area contributed by atoms with Crippen molar-refractivity contribution >= 4 is 17.8 Å². The lowest BCUT2D eigenvalue weighted by Crippen LogP contribution is -2.54. The maximum absolute atomic E-state index is 12.5. The Kier molecular flexibility index (Phi) is 5.58. The Hall–Kier alpha value is -1.67. The number of rotatable bonds is 4. The summed E-state index contributed by atoms with van der Waals surface area (Å²) in [6.07, 6.45) is 3.32. The number of aliphatic carboxylic acids is 1. The zero-order chi connectivity index (χ0) is 17.9. The molecular formula is C17H27N3O5. The third kappa shape index (κ3) is 4.49. The molecule has 0 aliphatic carbocycles. The van der Waals surface area contributed by atoms with Gasteiger partial charge in [-0.05, 0) is 24.7 Å². The van der Waals surface area contributed by atoms with Crippen LogP contribution in [0, 0.1) is 5.41 Å². The molecule has 3 aliphatic rings. The SMILES string of the molecule is O=C(O)CN1CC2(CCC1=O)CCN(C(=O)C[C@@H]1COCCN1)CC2. The van der Waals surface area contributed by atoms with Gasteiger partial charge in [0, 0.05) is 45.1 Å². The van der Waals surface area contributed by atoms with Crippen LogP contribution in [0.25, 0.3) is 0 Å². The zero-order valence-corrected chi connectivity index (χ0v) is 14.5. The molecular weight excluding hydrogens is 326 g/mol. The molecule has 2 amide bonds. The number of hydrogen-bond donors (Lipinski definition) is 2. The minimum absolute atomic E-state index is 0.0354. The molecule has 3 rings (SSSR count). The number of carbonyl (C=O) groups excluding carboxylic acids is 2. The van der Waals surface area contributed by atoms with E-state index in [0.717, 1.165) is 25.8 Å². The van der Waals surface area contributed by atoms with Gasteiger partial charge in [0.25, 0.3) is 0 Å². The Bertz CT molecular complexity index is 524. The summed E-state index contributed by atoms with van der Waals surface area (Å²) in [5.41, 5.74) is -0.0354. The van der Waals surface area contributed by atoms with Crippen molar-refractivity contribution in [2.24, 2.45) is 5.41 Å². The molecule has 3 aliphatic heterocycles. The largest absolute Gasteiger partial charge is 0.480 e. The normalized spacial score (nSPS) is 26.7. The summed E-state index contributed by atoms with van der Waals surface area (Å²) >= 11 is 0. The van der Waals surface area contributed by atoms with Gasteiger partial charge in [-0.1, -0.05) is 0 Å². The minimum atomic E-state index is -0.972. The topological polar surface area (TPSA) is 99.2 Å². The molecule has 8 nitrogen and oxygen atoms in total. The van der Waals surface area contributed by atoms with E-state index in [4.69, 9.17) is 9.84 Å². The lowest BCUT2D eigenvalue weighted by Gasteiger charge is -2.47. The quantitative estimate of drug-likeness (QED) is 0.719. The molecule has 0 saturated carbocycles. The molecule has 3 saturated heterocycles. The number of carbonyl (C=O) groups is 3. The minimum Gasteiger partial charge on any atom is -0.480 e. The third-order valence-electron chi connectivity index (χ3n) is 5.67. The van der Waals surface area contributed by atoms with Crippen molar-refractivity contribution in [2.75, 3.05) is 45.9 Å². The zero-order valence-electron chi connectivity index (χ0n) is 14.5. The van der Waals surface area contributed by atoms with E-state index in [9.17, 15) is 14.4 Å². The van der Waals surface area contributed by atoms with Crippen LogP contribution in [0.15, 0.2) is 0 Å². The van der Waals surface area contributed by atoms with E-state index in [1.54, 1.807) is 0 Å². The number of likely N-dealkylation sites (tertiary alicyclic amines) is 2. The number of carboxylic acid groups (broad SMARTS) is 1. The maximum Gasteiger partial charge on any atom is 0.323 e. The van der Waals surface area contributed by atoms with Gasteiger partial charge in [0.2, 0.25) is 11.8 Å². The van der Waals surface area contributed by atoms with Crippen molar-refractivity contribution in [3.05, 3.63) is 0 Å². The van der Waals surface area contributed by atoms with Crippen molar-refractivity contribution in [3.63, 3.8) is 0 Å². The van der Waals surface area contributed by atoms with Gasteiger partial charge in [0.15, 0.2) is 0 Å². The molecule has 3 fully saturated rings. The van der Waals surface area contributed by atoms with Gasteiger partial charge in [-0.2, -0.15) is 0 Å². The number of carboxylic acids is 1. The van der Waals surface area contributed by atoms with Crippen LogP contribution in [0.5, 0.6) is 0 Å². The van der Waals surface area contributed by atoms with Gasteiger partial charge >= 0.3 is 5.97 Å². The number of morpholine rings is 1. The second-order valence-electron chi connectivity index (χ2n) is 7.45. The number of amides is 2. The predicted octanol–water partition coefficient (Wildman–Crippen LogP) is -0.319. The molecule has 8 heteroatoms. The van der Waals surface area contributed by atoms with E-state index in [0.29, 0.717) is 45.7 Å². The fraction of sp³-hybridized carbons (Fsp3) is 0.824. The molecule has 140 valence electrons. The molecule has 1 atom stereocenters. The van der Waals surface area contributed by atoms with Crippen LogP contribution in [-0.2, 0) is 19.1 Å². The maximum atomic E-state index is 12.5. The molecule has 0 aromatic carbocycles. The standard InChI is InChI=1S/C17H27N3O5/c21-14-1-2-17(12-20(14)10-16(23)24)3-6-19(7-4-17)15(22)9-13-11-25-8-5-18-13/h13,18H,1-12H2,(H,23,24)/t13-/m1/s1. The molecule has 3 heterocycles. The van der Waals surface area contributed by atoms with Gasteiger partial charge in [0.05, 0.1) is 13.2 Å². The van der Waals surface area contributed by atoms with Gasteiger partial charge in [0.1, 0.15) is 6.54 Å². The summed E-state index contributed by atoms with van der Waals surface area (Å²) in [6, 6.07) is 0.0931. The monoisotopic (exact) mass is 353 g/mol. The molecule has 2 N–H and O–H groups in total. The number of nitrogens with zero attached hydrogens (tertiary/aromatic N) is 2. The Morgan fingerprint density at radius 2 is 2.04 bits per heavy atom. The average Bonchev–Trinajstić information content (AvgIpc) is 2.59. The Labute approximate surface area is 147 Å². The van der Waals surface area contributed by atoms with E-state index >= 15 is 0 Å². The smallest absolute Gasteiger partial charge is 0.323 e. The van der Waals surface area contributed by atoms with Crippen LogP contribution in [0.3, 0.4) is 0 Å². The average molecular weight is 353 g/mol. The Balaban J connectivity index is 1.51. The van der Waals surface area contributed by atoms with E-state index in [1.165, 1.54) is 4.90 Å². The number of ether oxygens (including phenoxy) is 1. The lowest BCUT2D eigenvalue weighted by molar-refractivity contribution is -0.150. The first kappa shape index (κ1) is 18.1. The van der Waals surface area contributed by atoms with Gasteiger partial charge < -0.3 is 25.0 Å². The van der Waals surface area contributed by atoms with Crippen LogP contribution >= 0.6 is 0 Å². The van der Waals surface area contributed by atoms with Gasteiger partial charge in [-0.25, -0.2) is 0 Å². The van der Waals surface area contributed by atoms with E-state index in [2.05, 4.69) is 5.32 Å². The molecule has 0 bridgehead atoms. The summed E-state index contributed by atoms with van der Waals surface area (Å²) in [5, 5.41) is 12.3. The Morgan fingerprint density at radius 3 is 2.68 bits per heavy atom. The number of hydrogen-bond acceptors (Lipinski definition) is 5. The molecule has 0 radical (unpaired) electrons. The predicted molar refractivity (Wildman–Crippen MR) is 88.9 cm³/mol. The van der Waals surface area contributed by atoms with Crippen LogP contribution in [0.1, 0.15) is 32.1 Å². The van der Waals surface area contributed by atoms with Crippen molar-refractivity contribution in [1.29, 1.82) is 0 Å². The first-order valence-corrected chi connectivity index (χ1v) is 9.06. The number of nitrogens with one attached hydrogen (secondary N) is 1. The van der Waals surface area contributed by atoms with Crippen LogP contribution in [0.2, 0.25) is 0 Å². The van der Waals surface area contributed by atoms with Gasteiger partial charge in [-0.3, -0.25) is 14.4 Å². The summed E-state index contributed by atoms with van der Waals surface area (Å²) < 4.78 is 5.40. The van der Waals surface area contributed by atoms with Crippen molar-refractivity contribution in [2.45, 2.75) is 38.1 Å². The van der Waals surface area contributed by atoms with E-state index in [1.807, 2.05) is 4.90 Å². The molecule has 1 spiro atoms. The van der Waals surface area contributed by atoms with Crippen LogP contribution in [0.4, 0.5) is 0 Å². The first-order chi connectivity index (χ1) is 12.0. The lowest BCUT2D eigenvalue weighted by atomic mass is 9.72. The Morgan fingerprint density at radius 1 is 1.28 bits per heavy atom. The highest BCUT2D eigenvalue weighted by Crippen LogP contribution is 2.40. The fourth-order valence-electron chi connectivity index (χ4n) is 4.14.